The van der Waals surface area contributed by atoms with E-state index in [1.54, 1.807) is 0 Å². The Balaban J connectivity index is 3.14. The highest BCUT2D eigenvalue weighted by molar-refractivity contribution is 5.78. The maximum atomic E-state index is 12.2. The van der Waals surface area contributed by atoms with Gasteiger partial charge in [0.15, 0.2) is 0 Å². The summed E-state index contributed by atoms with van der Waals surface area (Å²) < 4.78 is 0. The number of ketones is 1. The minimum atomic E-state index is 0.531. The first-order valence-corrected chi connectivity index (χ1v) is 21.3. The van der Waals surface area contributed by atoms with E-state index in [9.17, 15) is 4.79 Å². The molecular formula is C43H86O. The monoisotopic (exact) mass is 619 g/mol. The molecule has 0 N–H and O–H groups in total. The summed E-state index contributed by atoms with van der Waals surface area (Å²) in [6.07, 6.45) is 55.3. The maximum absolute atomic E-state index is 12.2. The zero-order chi connectivity index (χ0) is 31.9. The number of rotatable bonds is 40. The summed E-state index contributed by atoms with van der Waals surface area (Å²) in [5, 5.41) is 0. The van der Waals surface area contributed by atoms with Gasteiger partial charge in [0, 0.05) is 12.8 Å². The highest BCUT2D eigenvalue weighted by atomic mass is 16.1. The van der Waals surface area contributed by atoms with Gasteiger partial charge in [-0.05, 0) is 12.8 Å². The van der Waals surface area contributed by atoms with Crippen LogP contribution in [0.15, 0.2) is 0 Å². The lowest BCUT2D eigenvalue weighted by atomic mass is 10.0. The Morgan fingerprint density at radius 3 is 0.523 bits per heavy atom. The van der Waals surface area contributed by atoms with Crippen LogP contribution in [-0.4, -0.2) is 5.78 Å². The molecule has 0 unspecified atom stereocenters. The molecule has 0 aliphatic carbocycles. The lowest BCUT2D eigenvalue weighted by Gasteiger charge is -2.05. The van der Waals surface area contributed by atoms with Crippen LogP contribution in [0, 0.1) is 0 Å². The first kappa shape index (κ1) is 43.7. The average molecular weight is 619 g/mol. The van der Waals surface area contributed by atoms with Crippen LogP contribution in [0.5, 0.6) is 0 Å². The van der Waals surface area contributed by atoms with E-state index in [4.69, 9.17) is 0 Å². The van der Waals surface area contributed by atoms with E-state index in [2.05, 4.69) is 13.8 Å². The maximum Gasteiger partial charge on any atom is 0.132 e. The van der Waals surface area contributed by atoms with Gasteiger partial charge in [-0.2, -0.15) is 0 Å². The molecule has 0 aromatic rings. The second kappa shape index (κ2) is 40.7. The predicted octanol–water partition coefficient (Wildman–Crippen LogP) is 16.2. The Labute approximate surface area is 280 Å². The Bertz CT molecular complexity index is 511. The predicted molar refractivity (Wildman–Crippen MR) is 201 cm³/mol. The van der Waals surface area contributed by atoms with Crippen LogP contribution in [0.1, 0.15) is 271 Å². The van der Waals surface area contributed by atoms with Crippen molar-refractivity contribution in [1.82, 2.24) is 0 Å². The Morgan fingerprint density at radius 2 is 0.364 bits per heavy atom. The van der Waals surface area contributed by atoms with Crippen molar-refractivity contribution in [3.8, 4) is 0 Å². The SMILES string of the molecule is CCCCCCCCCCCCCCCCCCCCCCCCC(=O)CCCCCCCCCCCCCCCCCC. The van der Waals surface area contributed by atoms with E-state index in [1.165, 1.54) is 231 Å². The molecule has 0 aromatic heterocycles. The standard InChI is InChI=1S/C43H86O/c1-3-5-7-9-11-13-15-17-19-21-22-23-24-25-26-28-30-32-34-36-38-40-42-43(44)41-39-37-35-33-31-29-27-20-18-16-14-12-10-8-6-4-2/h3-42H2,1-2H3. The van der Waals surface area contributed by atoms with Crippen molar-refractivity contribution in [2.45, 2.75) is 271 Å². The van der Waals surface area contributed by atoms with E-state index < -0.39 is 0 Å². The molecule has 0 aromatic carbocycles. The van der Waals surface area contributed by atoms with Gasteiger partial charge in [0.05, 0.1) is 0 Å². The van der Waals surface area contributed by atoms with Gasteiger partial charge in [-0.25, -0.2) is 0 Å². The molecule has 0 rings (SSSR count). The van der Waals surface area contributed by atoms with Crippen molar-refractivity contribution in [1.29, 1.82) is 0 Å². The molecule has 264 valence electrons. The molecule has 0 bridgehead atoms. The van der Waals surface area contributed by atoms with Crippen molar-refractivity contribution in [3.05, 3.63) is 0 Å². The number of Topliss-reactive ketones (excluding diaryl/α,β-unsaturated/α-hetero) is 1. The zero-order valence-corrected chi connectivity index (χ0v) is 31.2. The first-order valence-electron chi connectivity index (χ1n) is 21.3. The van der Waals surface area contributed by atoms with E-state index in [-0.39, 0.29) is 0 Å². The minimum Gasteiger partial charge on any atom is -0.300 e. The van der Waals surface area contributed by atoms with Gasteiger partial charge in [0.2, 0.25) is 0 Å². The quantitative estimate of drug-likeness (QED) is 0.0624. The van der Waals surface area contributed by atoms with E-state index in [0.717, 1.165) is 25.7 Å². The molecule has 0 fully saturated rings. The van der Waals surface area contributed by atoms with Gasteiger partial charge in [0.25, 0.3) is 0 Å². The third-order valence-electron chi connectivity index (χ3n) is 10.1. The van der Waals surface area contributed by atoms with Crippen molar-refractivity contribution in [3.63, 3.8) is 0 Å². The molecule has 0 radical (unpaired) electrons. The highest BCUT2D eigenvalue weighted by Crippen LogP contribution is 2.17. The number of hydrogen-bond donors (Lipinski definition) is 0. The van der Waals surface area contributed by atoms with Crippen LogP contribution in [0.25, 0.3) is 0 Å². The van der Waals surface area contributed by atoms with Crippen LogP contribution < -0.4 is 0 Å². The molecule has 0 atom stereocenters. The lowest BCUT2D eigenvalue weighted by Crippen LogP contribution is -1.97. The average Bonchev–Trinajstić information content (AvgIpc) is 3.03. The van der Waals surface area contributed by atoms with Crippen molar-refractivity contribution in [2.24, 2.45) is 0 Å². The van der Waals surface area contributed by atoms with Crippen LogP contribution in [0.4, 0.5) is 0 Å². The van der Waals surface area contributed by atoms with Crippen molar-refractivity contribution in [2.75, 3.05) is 0 Å². The molecule has 0 aliphatic rings. The molecule has 1 heteroatoms. The topological polar surface area (TPSA) is 17.1 Å². The largest absolute Gasteiger partial charge is 0.300 e. The van der Waals surface area contributed by atoms with Gasteiger partial charge in [-0.15, -0.1) is 0 Å². The number of carbonyl (C=O) groups is 1. The molecule has 0 aliphatic heterocycles. The zero-order valence-electron chi connectivity index (χ0n) is 31.2. The summed E-state index contributed by atoms with van der Waals surface area (Å²) in [5.74, 6) is 0.531. The Morgan fingerprint density at radius 1 is 0.227 bits per heavy atom. The summed E-state index contributed by atoms with van der Waals surface area (Å²) in [5.41, 5.74) is 0. The van der Waals surface area contributed by atoms with Gasteiger partial charge in [0.1, 0.15) is 5.78 Å². The fourth-order valence-corrected chi connectivity index (χ4v) is 6.93. The molecule has 0 amide bonds. The summed E-state index contributed by atoms with van der Waals surface area (Å²) >= 11 is 0. The number of hydrogen-bond acceptors (Lipinski definition) is 1. The normalized spacial score (nSPS) is 11.5. The number of unbranched alkanes of at least 4 members (excludes halogenated alkanes) is 36. The molecule has 0 spiro atoms. The highest BCUT2D eigenvalue weighted by Gasteiger charge is 2.02. The van der Waals surface area contributed by atoms with Crippen LogP contribution in [0.2, 0.25) is 0 Å². The summed E-state index contributed by atoms with van der Waals surface area (Å²) in [4.78, 5) is 12.2. The van der Waals surface area contributed by atoms with E-state index in [0.29, 0.717) is 5.78 Å². The van der Waals surface area contributed by atoms with E-state index >= 15 is 0 Å². The molecular weight excluding hydrogens is 532 g/mol. The fourth-order valence-electron chi connectivity index (χ4n) is 6.93. The molecule has 0 heterocycles. The van der Waals surface area contributed by atoms with Crippen LogP contribution in [-0.2, 0) is 4.79 Å². The van der Waals surface area contributed by atoms with Crippen molar-refractivity contribution < 1.29 is 4.79 Å². The second-order valence-electron chi connectivity index (χ2n) is 14.8. The summed E-state index contributed by atoms with van der Waals surface area (Å²) in [6.45, 7) is 4.60. The fraction of sp³-hybridized carbons (Fsp3) is 0.977. The first-order chi connectivity index (χ1) is 21.8. The third kappa shape index (κ3) is 39.7. The van der Waals surface area contributed by atoms with Gasteiger partial charge in [-0.1, -0.05) is 245 Å². The molecule has 44 heavy (non-hydrogen) atoms. The minimum absolute atomic E-state index is 0.531. The van der Waals surface area contributed by atoms with Crippen LogP contribution in [0.3, 0.4) is 0 Å². The second-order valence-corrected chi connectivity index (χ2v) is 14.8. The molecule has 0 saturated heterocycles. The summed E-state index contributed by atoms with van der Waals surface area (Å²) in [6, 6.07) is 0. The third-order valence-corrected chi connectivity index (χ3v) is 10.1. The lowest BCUT2D eigenvalue weighted by molar-refractivity contribution is -0.119. The number of carbonyl (C=O) groups excluding carboxylic acids is 1. The van der Waals surface area contributed by atoms with Gasteiger partial charge >= 0.3 is 0 Å². The van der Waals surface area contributed by atoms with Crippen LogP contribution >= 0.6 is 0 Å². The van der Waals surface area contributed by atoms with Gasteiger partial charge in [-0.3, -0.25) is 4.79 Å². The Hall–Kier alpha value is -0.330. The van der Waals surface area contributed by atoms with Gasteiger partial charge < -0.3 is 0 Å². The van der Waals surface area contributed by atoms with E-state index in [1.807, 2.05) is 0 Å². The Kier molecular flexibility index (Phi) is 40.4. The smallest absolute Gasteiger partial charge is 0.132 e. The summed E-state index contributed by atoms with van der Waals surface area (Å²) in [7, 11) is 0. The molecule has 0 saturated carbocycles. The van der Waals surface area contributed by atoms with Crippen molar-refractivity contribution >= 4 is 5.78 Å². The molecule has 1 nitrogen and oxygen atoms in total.